The second-order valence-electron chi connectivity index (χ2n) is 6.99. The van der Waals surface area contributed by atoms with Crippen LogP contribution in [-0.4, -0.2) is 34.3 Å². The molecule has 0 saturated carbocycles. The Morgan fingerprint density at radius 2 is 2.00 bits per heavy atom. The van der Waals surface area contributed by atoms with Crippen LogP contribution in [0.15, 0.2) is 47.3 Å². The van der Waals surface area contributed by atoms with Crippen molar-refractivity contribution in [2.75, 3.05) is 25.0 Å². The topological polar surface area (TPSA) is 46.5 Å². The number of nitrogens with one attached hydrogen (secondary N) is 1. The number of fused-ring (bicyclic) bond motifs is 4. The molecule has 0 aliphatic carbocycles. The SMILES string of the molecule is CCOc1ccc(NC(=S)N2C[C@@H]3C[C@H](C2)c2cccc(=O)n2C3)cc1. The van der Waals surface area contributed by atoms with E-state index < -0.39 is 0 Å². The molecule has 4 rings (SSSR count). The number of likely N-dealkylation sites (tertiary alicyclic amines) is 1. The highest BCUT2D eigenvalue weighted by atomic mass is 32.1. The molecule has 5 nitrogen and oxygen atoms in total. The third-order valence-electron chi connectivity index (χ3n) is 5.18. The lowest BCUT2D eigenvalue weighted by Gasteiger charge is -2.43. The summed E-state index contributed by atoms with van der Waals surface area (Å²) in [6.07, 6.45) is 1.13. The van der Waals surface area contributed by atoms with Gasteiger partial charge in [0.2, 0.25) is 0 Å². The summed E-state index contributed by atoms with van der Waals surface area (Å²) in [5.74, 6) is 1.68. The van der Waals surface area contributed by atoms with Gasteiger partial charge in [-0.2, -0.15) is 0 Å². The minimum Gasteiger partial charge on any atom is -0.494 e. The fourth-order valence-electron chi connectivity index (χ4n) is 4.07. The van der Waals surface area contributed by atoms with E-state index in [-0.39, 0.29) is 5.56 Å². The molecule has 26 heavy (non-hydrogen) atoms. The largest absolute Gasteiger partial charge is 0.494 e. The highest BCUT2D eigenvalue weighted by Crippen LogP contribution is 2.35. The van der Waals surface area contributed by atoms with Crippen molar-refractivity contribution in [3.63, 3.8) is 0 Å². The molecule has 1 saturated heterocycles. The summed E-state index contributed by atoms with van der Waals surface area (Å²) < 4.78 is 7.42. The van der Waals surface area contributed by atoms with Gasteiger partial charge in [0.05, 0.1) is 6.61 Å². The van der Waals surface area contributed by atoms with Crippen molar-refractivity contribution in [2.45, 2.75) is 25.8 Å². The molecule has 6 heteroatoms. The molecule has 2 aromatic rings. The number of benzene rings is 1. The Bertz CT molecular complexity index is 862. The fourth-order valence-corrected chi connectivity index (χ4v) is 4.33. The number of aromatic nitrogens is 1. The number of hydrogen-bond acceptors (Lipinski definition) is 3. The van der Waals surface area contributed by atoms with Crippen molar-refractivity contribution in [3.8, 4) is 5.75 Å². The minimum absolute atomic E-state index is 0.112. The van der Waals surface area contributed by atoms with Crippen LogP contribution in [0.2, 0.25) is 0 Å². The van der Waals surface area contributed by atoms with Crippen LogP contribution >= 0.6 is 12.2 Å². The molecule has 1 fully saturated rings. The van der Waals surface area contributed by atoms with Crippen molar-refractivity contribution in [1.29, 1.82) is 0 Å². The molecule has 1 aromatic heterocycles. The molecule has 2 aliphatic heterocycles. The Balaban J connectivity index is 1.46. The molecule has 136 valence electrons. The summed E-state index contributed by atoms with van der Waals surface area (Å²) in [5, 5.41) is 4.08. The highest BCUT2D eigenvalue weighted by molar-refractivity contribution is 7.80. The van der Waals surface area contributed by atoms with Gasteiger partial charge in [-0.1, -0.05) is 6.07 Å². The summed E-state index contributed by atoms with van der Waals surface area (Å²) in [6, 6.07) is 13.5. The summed E-state index contributed by atoms with van der Waals surface area (Å²) in [7, 11) is 0. The second kappa shape index (κ2) is 7.11. The van der Waals surface area contributed by atoms with E-state index in [0.29, 0.717) is 18.4 Å². The zero-order valence-corrected chi connectivity index (χ0v) is 15.7. The standard InChI is InChI=1S/C20H23N3O2S/c1-2-25-17-8-6-16(7-9-17)21-20(26)22-11-14-10-15(13-22)18-4-3-5-19(24)23(18)12-14/h3-9,14-15H,2,10-13H2,1H3,(H,21,26)/t14-,15+/m0/s1. The second-order valence-corrected chi connectivity index (χ2v) is 7.38. The number of anilines is 1. The van der Waals surface area contributed by atoms with Crippen molar-refractivity contribution < 1.29 is 4.74 Å². The molecule has 2 aliphatic rings. The Hall–Kier alpha value is -2.34. The quantitative estimate of drug-likeness (QED) is 0.843. The van der Waals surface area contributed by atoms with E-state index in [1.54, 1.807) is 6.07 Å². The van der Waals surface area contributed by atoms with Crippen LogP contribution in [-0.2, 0) is 6.54 Å². The van der Waals surface area contributed by atoms with Gasteiger partial charge in [0, 0.05) is 43.0 Å². The van der Waals surface area contributed by atoms with Gasteiger partial charge in [0.25, 0.3) is 5.56 Å². The lowest BCUT2D eigenvalue weighted by atomic mass is 9.83. The van der Waals surface area contributed by atoms with E-state index in [1.165, 1.54) is 0 Å². The Kier molecular flexibility index (Phi) is 4.68. The van der Waals surface area contributed by atoms with Crippen LogP contribution in [0.1, 0.15) is 25.0 Å². The van der Waals surface area contributed by atoms with Crippen molar-refractivity contribution >= 4 is 23.0 Å². The van der Waals surface area contributed by atoms with Crippen LogP contribution in [0.4, 0.5) is 5.69 Å². The Morgan fingerprint density at radius 3 is 2.77 bits per heavy atom. The molecule has 2 atom stereocenters. The lowest BCUT2D eigenvalue weighted by Crippen LogP contribution is -2.50. The van der Waals surface area contributed by atoms with Gasteiger partial charge in [-0.25, -0.2) is 0 Å². The van der Waals surface area contributed by atoms with Crippen LogP contribution in [0.25, 0.3) is 0 Å². The monoisotopic (exact) mass is 369 g/mol. The number of hydrogen-bond donors (Lipinski definition) is 1. The number of thiocarbonyl (C=S) groups is 1. The van der Waals surface area contributed by atoms with Crippen molar-refractivity contribution in [1.82, 2.24) is 9.47 Å². The van der Waals surface area contributed by atoms with Gasteiger partial charge in [-0.3, -0.25) is 4.79 Å². The predicted octanol–water partition coefficient (Wildman–Crippen LogP) is 3.06. The number of nitrogens with zero attached hydrogens (tertiary/aromatic N) is 2. The zero-order valence-electron chi connectivity index (χ0n) is 14.9. The average molecular weight is 369 g/mol. The van der Waals surface area contributed by atoms with Gasteiger partial charge in [-0.15, -0.1) is 0 Å². The average Bonchev–Trinajstić information content (AvgIpc) is 2.64. The molecule has 0 radical (unpaired) electrons. The van der Waals surface area contributed by atoms with E-state index in [1.807, 2.05) is 41.8 Å². The number of rotatable bonds is 3. The summed E-state index contributed by atoms with van der Waals surface area (Å²) in [6.45, 7) is 5.16. The van der Waals surface area contributed by atoms with Crippen molar-refractivity contribution in [3.05, 3.63) is 58.5 Å². The van der Waals surface area contributed by atoms with Gasteiger partial charge >= 0.3 is 0 Å². The number of pyridine rings is 1. The summed E-state index contributed by atoms with van der Waals surface area (Å²) >= 11 is 5.66. The number of ether oxygens (including phenoxy) is 1. The van der Waals surface area contributed by atoms with Crippen LogP contribution in [0.5, 0.6) is 5.75 Å². The molecule has 1 aromatic carbocycles. The third-order valence-corrected chi connectivity index (χ3v) is 5.54. The molecule has 2 bridgehead atoms. The van der Waals surface area contributed by atoms with E-state index in [2.05, 4.69) is 16.3 Å². The summed E-state index contributed by atoms with van der Waals surface area (Å²) in [5.41, 5.74) is 2.22. The van der Waals surface area contributed by atoms with E-state index in [0.717, 1.165) is 48.3 Å². The molecule has 0 spiro atoms. The maximum atomic E-state index is 12.1. The van der Waals surface area contributed by atoms with E-state index in [4.69, 9.17) is 17.0 Å². The molecule has 0 unspecified atom stereocenters. The number of piperidine rings is 1. The maximum absolute atomic E-state index is 12.1. The van der Waals surface area contributed by atoms with Gasteiger partial charge < -0.3 is 19.5 Å². The molecular weight excluding hydrogens is 346 g/mol. The smallest absolute Gasteiger partial charge is 0.250 e. The van der Waals surface area contributed by atoms with E-state index >= 15 is 0 Å². The van der Waals surface area contributed by atoms with Gasteiger partial charge in [0.15, 0.2) is 5.11 Å². The van der Waals surface area contributed by atoms with Crippen LogP contribution < -0.4 is 15.6 Å². The van der Waals surface area contributed by atoms with Crippen molar-refractivity contribution in [2.24, 2.45) is 5.92 Å². The fraction of sp³-hybridized carbons (Fsp3) is 0.400. The maximum Gasteiger partial charge on any atom is 0.250 e. The van der Waals surface area contributed by atoms with Crippen LogP contribution in [0, 0.1) is 5.92 Å². The summed E-state index contributed by atoms with van der Waals surface area (Å²) in [4.78, 5) is 14.4. The predicted molar refractivity (Wildman–Crippen MR) is 107 cm³/mol. The van der Waals surface area contributed by atoms with Gasteiger partial charge in [-0.05, 0) is 61.8 Å². The first-order valence-corrected chi connectivity index (χ1v) is 9.53. The van der Waals surface area contributed by atoms with Crippen LogP contribution in [0.3, 0.4) is 0 Å². The normalized spacial score (nSPS) is 21.0. The first kappa shape index (κ1) is 17.1. The Labute approximate surface area is 158 Å². The third kappa shape index (κ3) is 3.33. The first-order chi connectivity index (χ1) is 12.6. The molecule has 0 amide bonds. The highest BCUT2D eigenvalue weighted by Gasteiger charge is 2.35. The minimum atomic E-state index is 0.112. The van der Waals surface area contributed by atoms with Gasteiger partial charge in [0.1, 0.15) is 5.75 Å². The molecular formula is C20H23N3O2S. The van der Waals surface area contributed by atoms with E-state index in [9.17, 15) is 4.79 Å². The molecule has 1 N–H and O–H groups in total. The zero-order chi connectivity index (χ0) is 18.1. The first-order valence-electron chi connectivity index (χ1n) is 9.12. The lowest BCUT2D eigenvalue weighted by molar-refractivity contribution is 0.180. The Morgan fingerprint density at radius 1 is 1.19 bits per heavy atom. The molecule has 3 heterocycles.